The number of hydrogen-bond donors (Lipinski definition) is 1. The highest BCUT2D eigenvalue weighted by atomic mass is 32.1. The summed E-state index contributed by atoms with van der Waals surface area (Å²) in [5.41, 5.74) is -2.58. The molecule has 0 unspecified atom stereocenters. The first-order chi connectivity index (χ1) is 12.3. The van der Waals surface area contributed by atoms with E-state index in [0.717, 1.165) is 15.0 Å². The Morgan fingerprint density at radius 2 is 1.81 bits per heavy atom. The van der Waals surface area contributed by atoms with Crippen molar-refractivity contribution in [2.24, 2.45) is 0 Å². The number of nitrogens with one attached hydrogen (secondary N) is 1. The molecule has 0 aliphatic heterocycles. The minimum Gasteiger partial charge on any atom is -0.458 e. The summed E-state index contributed by atoms with van der Waals surface area (Å²) < 4.78 is 6.35. The van der Waals surface area contributed by atoms with E-state index in [1.54, 1.807) is 40.0 Å². The first-order valence-corrected chi connectivity index (χ1v) is 9.37. The molecular formula is C18H27N3O5S. The molecule has 0 saturated carbocycles. The number of carbonyl (C=O) groups excluding carboxylic acids is 1. The van der Waals surface area contributed by atoms with Gasteiger partial charge in [-0.15, -0.1) is 11.3 Å². The van der Waals surface area contributed by atoms with Gasteiger partial charge in [0, 0.05) is 11.9 Å². The average Bonchev–Trinajstić information content (AvgIpc) is 2.81. The van der Waals surface area contributed by atoms with E-state index in [1.165, 1.54) is 25.2 Å². The largest absolute Gasteiger partial charge is 0.458 e. The number of fused-ring (bicyclic) bond motifs is 1. The van der Waals surface area contributed by atoms with E-state index < -0.39 is 28.4 Å². The lowest BCUT2D eigenvalue weighted by molar-refractivity contribution is -0.164. The standard InChI is InChI=1S/C18H27N3O5S/c1-10-11(9-20(7)25-8)27-13-12(10)14(22)21(16(24)19-13)18(5,6)15(23)26-17(2,3)4/h9H2,1-8H3,(H,19,24). The van der Waals surface area contributed by atoms with Gasteiger partial charge in [-0.05, 0) is 47.1 Å². The Labute approximate surface area is 161 Å². The van der Waals surface area contributed by atoms with Crippen LogP contribution >= 0.6 is 11.3 Å². The van der Waals surface area contributed by atoms with Crippen LogP contribution in [0, 0.1) is 6.92 Å². The zero-order valence-electron chi connectivity index (χ0n) is 17.1. The predicted octanol–water partition coefficient (Wildman–Crippen LogP) is 2.13. The fraction of sp³-hybridized carbons (Fsp3) is 0.611. The number of aromatic nitrogens is 2. The maximum absolute atomic E-state index is 13.2. The van der Waals surface area contributed by atoms with Gasteiger partial charge >= 0.3 is 11.7 Å². The molecule has 0 atom stereocenters. The lowest BCUT2D eigenvalue weighted by Crippen LogP contribution is -2.52. The van der Waals surface area contributed by atoms with Crippen molar-refractivity contribution in [1.29, 1.82) is 0 Å². The van der Waals surface area contributed by atoms with Crippen LogP contribution in [0.25, 0.3) is 10.2 Å². The zero-order valence-corrected chi connectivity index (χ0v) is 17.9. The number of rotatable bonds is 5. The Balaban J connectivity index is 2.65. The molecule has 0 fully saturated rings. The highest BCUT2D eigenvalue weighted by molar-refractivity contribution is 7.18. The average molecular weight is 397 g/mol. The highest BCUT2D eigenvalue weighted by Crippen LogP contribution is 2.28. The highest BCUT2D eigenvalue weighted by Gasteiger charge is 2.37. The van der Waals surface area contributed by atoms with Crippen LogP contribution in [0.1, 0.15) is 45.1 Å². The summed E-state index contributed by atoms with van der Waals surface area (Å²) in [5.74, 6) is -0.644. The number of thiophene rings is 1. The molecule has 0 aromatic carbocycles. The SMILES string of the molecule is CON(C)Cc1sc2[nH]c(=O)n(C(C)(C)C(=O)OC(C)(C)C)c(=O)c2c1C. The van der Waals surface area contributed by atoms with Crippen molar-refractivity contribution in [3.63, 3.8) is 0 Å². The summed E-state index contributed by atoms with van der Waals surface area (Å²) in [7, 11) is 3.33. The van der Waals surface area contributed by atoms with Gasteiger partial charge < -0.3 is 9.57 Å². The van der Waals surface area contributed by atoms with E-state index in [2.05, 4.69) is 4.98 Å². The Morgan fingerprint density at radius 1 is 1.22 bits per heavy atom. The number of esters is 1. The van der Waals surface area contributed by atoms with Crippen molar-refractivity contribution in [2.75, 3.05) is 14.2 Å². The number of hydrogen-bond acceptors (Lipinski definition) is 7. The topological polar surface area (TPSA) is 93.6 Å². The van der Waals surface area contributed by atoms with Gasteiger partial charge in [0.25, 0.3) is 5.56 Å². The van der Waals surface area contributed by atoms with Crippen molar-refractivity contribution in [2.45, 2.75) is 59.2 Å². The number of ether oxygens (including phenoxy) is 1. The summed E-state index contributed by atoms with van der Waals surface area (Å²) in [6.07, 6.45) is 0. The minimum absolute atomic E-state index is 0.399. The molecule has 0 bridgehead atoms. The van der Waals surface area contributed by atoms with Crippen molar-refractivity contribution < 1.29 is 14.4 Å². The number of aromatic amines is 1. The van der Waals surface area contributed by atoms with Gasteiger partial charge in [-0.25, -0.2) is 14.2 Å². The molecular weight excluding hydrogens is 370 g/mol. The fourth-order valence-electron chi connectivity index (χ4n) is 2.68. The second kappa shape index (κ2) is 7.21. The molecule has 27 heavy (non-hydrogen) atoms. The van der Waals surface area contributed by atoms with Crippen molar-refractivity contribution in [3.8, 4) is 0 Å². The third kappa shape index (κ3) is 4.15. The van der Waals surface area contributed by atoms with E-state index in [9.17, 15) is 14.4 Å². The Kier molecular flexibility index (Phi) is 5.70. The first-order valence-electron chi connectivity index (χ1n) is 8.56. The maximum atomic E-state index is 13.2. The van der Waals surface area contributed by atoms with Gasteiger partial charge in [0.15, 0.2) is 0 Å². The Bertz CT molecular complexity index is 978. The van der Waals surface area contributed by atoms with Crippen LogP contribution < -0.4 is 11.2 Å². The fourth-order valence-corrected chi connectivity index (χ4v) is 3.91. The molecule has 8 nitrogen and oxygen atoms in total. The van der Waals surface area contributed by atoms with Crippen molar-refractivity contribution >= 4 is 27.5 Å². The lowest BCUT2D eigenvalue weighted by atomic mass is 10.0. The summed E-state index contributed by atoms with van der Waals surface area (Å²) in [6, 6.07) is 0. The molecule has 0 radical (unpaired) electrons. The van der Waals surface area contributed by atoms with Crippen LogP contribution in [0.5, 0.6) is 0 Å². The molecule has 0 aliphatic rings. The van der Waals surface area contributed by atoms with Crippen LogP contribution in [0.4, 0.5) is 0 Å². The molecule has 0 saturated heterocycles. The monoisotopic (exact) mass is 397 g/mol. The van der Waals surface area contributed by atoms with Gasteiger partial charge in [0.05, 0.1) is 19.0 Å². The normalized spacial score (nSPS) is 12.8. The number of carbonyl (C=O) groups is 1. The minimum atomic E-state index is -1.45. The number of nitrogens with zero attached hydrogens (tertiary/aromatic N) is 2. The molecule has 1 N–H and O–H groups in total. The summed E-state index contributed by atoms with van der Waals surface area (Å²) in [5, 5.41) is 2.02. The zero-order chi connectivity index (χ0) is 20.7. The van der Waals surface area contributed by atoms with E-state index in [4.69, 9.17) is 9.57 Å². The third-order valence-electron chi connectivity index (χ3n) is 4.22. The van der Waals surface area contributed by atoms with Gasteiger partial charge in [-0.3, -0.25) is 9.78 Å². The number of aryl methyl sites for hydroxylation is 1. The number of H-pyrrole nitrogens is 1. The van der Waals surface area contributed by atoms with Crippen LogP contribution in [0.3, 0.4) is 0 Å². The van der Waals surface area contributed by atoms with E-state index in [1.807, 2.05) is 6.92 Å². The van der Waals surface area contributed by atoms with E-state index in [-0.39, 0.29) is 0 Å². The molecule has 2 heterocycles. The molecule has 9 heteroatoms. The molecule has 2 aromatic rings. The molecule has 0 spiro atoms. The van der Waals surface area contributed by atoms with Gasteiger partial charge in [0.2, 0.25) is 0 Å². The number of hydroxylamine groups is 2. The van der Waals surface area contributed by atoms with Crippen LogP contribution in [-0.4, -0.2) is 40.3 Å². The Hall–Kier alpha value is -1.97. The van der Waals surface area contributed by atoms with Crippen molar-refractivity contribution in [3.05, 3.63) is 31.3 Å². The van der Waals surface area contributed by atoms with Gasteiger partial charge in [0.1, 0.15) is 16.0 Å². The summed E-state index contributed by atoms with van der Waals surface area (Å²) >= 11 is 1.33. The second-order valence-corrected chi connectivity index (χ2v) is 9.06. The maximum Gasteiger partial charge on any atom is 0.332 e. The first kappa shape index (κ1) is 21.3. The summed E-state index contributed by atoms with van der Waals surface area (Å²) in [4.78, 5) is 47.7. The van der Waals surface area contributed by atoms with Crippen LogP contribution in [0.2, 0.25) is 0 Å². The van der Waals surface area contributed by atoms with E-state index >= 15 is 0 Å². The smallest absolute Gasteiger partial charge is 0.332 e. The van der Waals surface area contributed by atoms with Crippen LogP contribution in [-0.2, 0) is 26.5 Å². The van der Waals surface area contributed by atoms with Gasteiger partial charge in [-0.2, -0.15) is 5.06 Å². The molecule has 2 rings (SSSR count). The van der Waals surface area contributed by atoms with E-state index in [0.29, 0.717) is 16.8 Å². The summed E-state index contributed by atoms with van der Waals surface area (Å²) in [6.45, 7) is 10.5. The van der Waals surface area contributed by atoms with Crippen LogP contribution in [0.15, 0.2) is 9.59 Å². The van der Waals surface area contributed by atoms with Gasteiger partial charge in [-0.1, -0.05) is 0 Å². The quantitative estimate of drug-likeness (QED) is 0.614. The lowest BCUT2D eigenvalue weighted by Gasteiger charge is -2.29. The Morgan fingerprint density at radius 3 is 2.33 bits per heavy atom. The second-order valence-electron chi connectivity index (χ2n) is 7.95. The molecule has 0 aliphatic carbocycles. The molecule has 150 valence electrons. The predicted molar refractivity (Wildman–Crippen MR) is 105 cm³/mol. The molecule has 0 amide bonds. The third-order valence-corrected chi connectivity index (χ3v) is 5.41. The van der Waals surface area contributed by atoms with Crippen molar-refractivity contribution in [1.82, 2.24) is 14.6 Å². The molecule has 2 aromatic heterocycles.